The lowest BCUT2D eigenvalue weighted by Crippen LogP contribution is -2.51. The highest BCUT2D eigenvalue weighted by Gasteiger charge is 2.39. The molecule has 3 rings (SSSR count). The van der Waals surface area contributed by atoms with Crippen molar-refractivity contribution in [3.05, 3.63) is 24.0 Å². The summed E-state index contributed by atoms with van der Waals surface area (Å²) < 4.78 is 1.94. The van der Waals surface area contributed by atoms with E-state index in [1.807, 2.05) is 29.9 Å². The predicted octanol–water partition coefficient (Wildman–Crippen LogP) is 1.90. The van der Waals surface area contributed by atoms with Crippen LogP contribution in [0.3, 0.4) is 0 Å². The number of carbonyl (C=O) groups excluding carboxylic acids is 1. The highest BCUT2D eigenvalue weighted by molar-refractivity contribution is 5.92. The molecule has 1 amide bonds. The first-order valence-electron chi connectivity index (χ1n) is 9.27. The molecule has 0 unspecified atom stereocenters. The van der Waals surface area contributed by atoms with Crippen LogP contribution >= 0.6 is 0 Å². The minimum absolute atomic E-state index is 0.205. The van der Waals surface area contributed by atoms with Crippen molar-refractivity contribution in [2.75, 3.05) is 53.4 Å². The first kappa shape index (κ1) is 17.5. The number of aromatic nitrogens is 1. The molecule has 1 spiro atoms. The van der Waals surface area contributed by atoms with Gasteiger partial charge in [0.05, 0.1) is 0 Å². The van der Waals surface area contributed by atoms with Gasteiger partial charge in [-0.25, -0.2) is 0 Å². The number of likely N-dealkylation sites (tertiary alicyclic amines) is 2. The maximum absolute atomic E-state index is 12.8. The second-order valence-corrected chi connectivity index (χ2v) is 7.98. The molecule has 1 aromatic heterocycles. The Hall–Kier alpha value is -1.33. The second kappa shape index (κ2) is 7.28. The second-order valence-electron chi connectivity index (χ2n) is 7.98. The van der Waals surface area contributed by atoms with Crippen molar-refractivity contribution in [2.45, 2.75) is 25.7 Å². The van der Waals surface area contributed by atoms with E-state index in [0.29, 0.717) is 5.41 Å². The van der Waals surface area contributed by atoms with Crippen molar-refractivity contribution >= 4 is 5.91 Å². The van der Waals surface area contributed by atoms with Crippen molar-refractivity contribution in [2.24, 2.45) is 12.5 Å². The van der Waals surface area contributed by atoms with Crippen molar-refractivity contribution in [1.82, 2.24) is 19.3 Å². The van der Waals surface area contributed by atoms with E-state index in [2.05, 4.69) is 28.8 Å². The number of carbonyl (C=O) groups is 1. The van der Waals surface area contributed by atoms with Crippen LogP contribution in [0.1, 0.15) is 36.2 Å². The van der Waals surface area contributed by atoms with Crippen LogP contribution in [0, 0.1) is 5.41 Å². The Morgan fingerprint density at radius 1 is 1.21 bits per heavy atom. The zero-order chi connectivity index (χ0) is 17.2. The summed E-state index contributed by atoms with van der Waals surface area (Å²) in [6.45, 7) is 6.51. The molecular weight excluding hydrogens is 300 g/mol. The largest absolute Gasteiger partial charge is 0.347 e. The van der Waals surface area contributed by atoms with Crippen LogP contribution in [0.2, 0.25) is 0 Å². The zero-order valence-corrected chi connectivity index (χ0v) is 15.5. The topological polar surface area (TPSA) is 31.7 Å². The van der Waals surface area contributed by atoms with Gasteiger partial charge in [-0.1, -0.05) is 0 Å². The van der Waals surface area contributed by atoms with Gasteiger partial charge in [0.25, 0.3) is 5.91 Å². The molecule has 0 radical (unpaired) electrons. The average molecular weight is 332 g/mol. The third-order valence-electron chi connectivity index (χ3n) is 5.89. The molecule has 5 nitrogen and oxygen atoms in total. The molecule has 3 heterocycles. The molecule has 5 heteroatoms. The van der Waals surface area contributed by atoms with Gasteiger partial charge >= 0.3 is 0 Å². The molecule has 0 bridgehead atoms. The Bertz CT molecular complexity index is 557. The lowest BCUT2D eigenvalue weighted by Gasteiger charge is -2.47. The van der Waals surface area contributed by atoms with E-state index in [1.165, 1.54) is 32.4 Å². The first-order chi connectivity index (χ1) is 11.5. The molecule has 0 saturated carbocycles. The summed E-state index contributed by atoms with van der Waals surface area (Å²) in [5, 5.41) is 0. The van der Waals surface area contributed by atoms with Gasteiger partial charge in [-0.2, -0.15) is 0 Å². The van der Waals surface area contributed by atoms with E-state index in [0.717, 1.165) is 38.3 Å². The third kappa shape index (κ3) is 3.83. The fourth-order valence-electron chi connectivity index (χ4n) is 4.23. The van der Waals surface area contributed by atoms with Gasteiger partial charge in [-0.15, -0.1) is 0 Å². The van der Waals surface area contributed by atoms with Crippen LogP contribution in [-0.2, 0) is 7.05 Å². The Labute approximate surface area is 146 Å². The molecule has 134 valence electrons. The number of nitrogens with zero attached hydrogens (tertiary/aromatic N) is 4. The summed E-state index contributed by atoms with van der Waals surface area (Å²) in [5.41, 5.74) is 1.17. The molecule has 0 aliphatic carbocycles. The van der Waals surface area contributed by atoms with Gasteiger partial charge in [0.2, 0.25) is 0 Å². The Morgan fingerprint density at radius 2 is 1.96 bits per heavy atom. The van der Waals surface area contributed by atoms with Crippen LogP contribution in [0.5, 0.6) is 0 Å². The fourth-order valence-corrected chi connectivity index (χ4v) is 4.23. The van der Waals surface area contributed by atoms with Crippen molar-refractivity contribution in [3.63, 3.8) is 0 Å². The average Bonchev–Trinajstić information content (AvgIpc) is 3.00. The Morgan fingerprint density at radius 3 is 2.58 bits per heavy atom. The number of hydrogen-bond donors (Lipinski definition) is 0. The predicted molar refractivity (Wildman–Crippen MR) is 97.2 cm³/mol. The molecule has 24 heavy (non-hydrogen) atoms. The number of rotatable bonds is 4. The van der Waals surface area contributed by atoms with E-state index in [-0.39, 0.29) is 5.91 Å². The van der Waals surface area contributed by atoms with E-state index in [1.54, 1.807) is 0 Å². The molecule has 0 N–H and O–H groups in total. The lowest BCUT2D eigenvalue weighted by molar-refractivity contribution is 0.0199. The minimum Gasteiger partial charge on any atom is -0.347 e. The highest BCUT2D eigenvalue weighted by atomic mass is 16.2. The summed E-state index contributed by atoms with van der Waals surface area (Å²) in [7, 11) is 6.23. The van der Waals surface area contributed by atoms with Gasteiger partial charge in [0, 0.05) is 39.4 Å². The molecule has 0 atom stereocenters. The molecule has 2 fully saturated rings. The molecular formula is C19H32N4O. The van der Waals surface area contributed by atoms with Crippen molar-refractivity contribution < 1.29 is 4.79 Å². The summed E-state index contributed by atoms with van der Waals surface area (Å²) in [6.07, 6.45) is 6.85. The minimum atomic E-state index is 0.205. The van der Waals surface area contributed by atoms with E-state index in [9.17, 15) is 4.79 Å². The van der Waals surface area contributed by atoms with Crippen LogP contribution in [-0.4, -0.2) is 78.5 Å². The normalized spacial score (nSPS) is 21.6. The standard InChI is InChI=1S/C19H32N4O/c1-20(2)14-15-22-12-8-19(9-13-22)7-5-11-23(16-19)18(24)17-6-4-10-21(17)3/h4,6,10H,5,7-9,11-16H2,1-3H3. The maximum atomic E-state index is 12.8. The molecule has 1 aromatic rings. The molecule has 0 aromatic carbocycles. The van der Waals surface area contributed by atoms with Crippen LogP contribution in [0.25, 0.3) is 0 Å². The van der Waals surface area contributed by atoms with Gasteiger partial charge in [0.1, 0.15) is 5.69 Å². The number of aryl methyl sites for hydroxylation is 1. The lowest BCUT2D eigenvalue weighted by atomic mass is 9.72. The third-order valence-corrected chi connectivity index (χ3v) is 5.89. The SMILES string of the molecule is CN(C)CCN1CCC2(CCCN(C(=O)c3cccn3C)C2)CC1. The summed E-state index contributed by atoms with van der Waals surface area (Å²) in [6, 6.07) is 3.89. The van der Waals surface area contributed by atoms with Crippen LogP contribution in [0.4, 0.5) is 0 Å². The van der Waals surface area contributed by atoms with Crippen molar-refractivity contribution in [3.8, 4) is 0 Å². The summed E-state index contributed by atoms with van der Waals surface area (Å²) >= 11 is 0. The van der Waals surface area contributed by atoms with E-state index in [4.69, 9.17) is 0 Å². The summed E-state index contributed by atoms with van der Waals surface area (Å²) in [5.74, 6) is 0.205. The van der Waals surface area contributed by atoms with Gasteiger partial charge in [-0.3, -0.25) is 4.79 Å². The van der Waals surface area contributed by atoms with Gasteiger partial charge in [0.15, 0.2) is 0 Å². The maximum Gasteiger partial charge on any atom is 0.270 e. The summed E-state index contributed by atoms with van der Waals surface area (Å²) in [4.78, 5) is 19.8. The monoisotopic (exact) mass is 332 g/mol. The van der Waals surface area contributed by atoms with Crippen molar-refractivity contribution in [1.29, 1.82) is 0 Å². The Balaban J connectivity index is 1.58. The van der Waals surface area contributed by atoms with Gasteiger partial charge < -0.3 is 19.3 Å². The van der Waals surface area contributed by atoms with E-state index >= 15 is 0 Å². The number of amides is 1. The van der Waals surface area contributed by atoms with Crippen LogP contribution in [0.15, 0.2) is 18.3 Å². The molecule has 2 saturated heterocycles. The fraction of sp³-hybridized carbons (Fsp3) is 0.737. The highest BCUT2D eigenvalue weighted by Crippen LogP contribution is 2.40. The Kier molecular flexibility index (Phi) is 5.30. The first-order valence-corrected chi connectivity index (χ1v) is 9.27. The quantitative estimate of drug-likeness (QED) is 0.844. The number of likely N-dealkylation sites (N-methyl/N-ethyl adjacent to an activating group) is 1. The van der Waals surface area contributed by atoms with Gasteiger partial charge in [-0.05, 0) is 70.4 Å². The number of piperidine rings is 2. The van der Waals surface area contributed by atoms with E-state index < -0.39 is 0 Å². The molecule has 2 aliphatic heterocycles. The smallest absolute Gasteiger partial charge is 0.270 e. The zero-order valence-electron chi connectivity index (χ0n) is 15.5. The molecule has 2 aliphatic rings. The number of hydrogen-bond acceptors (Lipinski definition) is 3. The van der Waals surface area contributed by atoms with Crippen LogP contribution < -0.4 is 0 Å².